The van der Waals surface area contributed by atoms with Crippen molar-refractivity contribution in [1.29, 1.82) is 0 Å². The maximum Gasteiger partial charge on any atom is 0.119 e. The van der Waals surface area contributed by atoms with Gasteiger partial charge in [-0.3, -0.25) is 0 Å². The van der Waals surface area contributed by atoms with Gasteiger partial charge in [-0.25, -0.2) is 0 Å². The molecule has 4 rings (SSSR count). The summed E-state index contributed by atoms with van der Waals surface area (Å²) in [5, 5.41) is 0. The first-order chi connectivity index (χ1) is 14.8. The quantitative estimate of drug-likeness (QED) is 0.394. The third-order valence-electron chi connectivity index (χ3n) is 8.29. The molecule has 2 heteroatoms. The second-order valence-electron chi connectivity index (χ2n) is 10.4. The van der Waals surface area contributed by atoms with E-state index in [1.54, 1.807) is 11.1 Å². The van der Waals surface area contributed by atoms with Gasteiger partial charge in [0.05, 0.1) is 12.7 Å². The maximum absolute atomic E-state index is 6.24. The topological polar surface area (TPSA) is 18.5 Å². The SMILES string of the molecule is CCCCCO[C@@H]1CC[C@@H]2CC(C3CCc4cc(OCCC)ccc4C3)CCC2C1. The Labute approximate surface area is 185 Å². The second-order valence-corrected chi connectivity index (χ2v) is 10.4. The lowest BCUT2D eigenvalue weighted by Gasteiger charge is -2.45. The second kappa shape index (κ2) is 11.0. The van der Waals surface area contributed by atoms with Crippen LogP contribution in [-0.2, 0) is 17.6 Å². The zero-order chi connectivity index (χ0) is 20.8. The van der Waals surface area contributed by atoms with Crippen molar-refractivity contribution in [2.75, 3.05) is 13.2 Å². The highest BCUT2D eigenvalue weighted by Crippen LogP contribution is 2.47. The first-order valence-electron chi connectivity index (χ1n) is 13.1. The van der Waals surface area contributed by atoms with Crippen molar-refractivity contribution in [1.82, 2.24) is 0 Å². The van der Waals surface area contributed by atoms with E-state index in [1.165, 1.54) is 77.0 Å². The summed E-state index contributed by atoms with van der Waals surface area (Å²) in [7, 11) is 0. The third kappa shape index (κ3) is 5.61. The molecule has 3 aliphatic carbocycles. The minimum Gasteiger partial charge on any atom is -0.494 e. The molecule has 0 radical (unpaired) electrons. The van der Waals surface area contributed by atoms with E-state index in [4.69, 9.17) is 9.47 Å². The summed E-state index contributed by atoms with van der Waals surface area (Å²) >= 11 is 0. The Hall–Kier alpha value is -1.02. The molecular weight excluding hydrogens is 368 g/mol. The molecule has 1 aromatic carbocycles. The van der Waals surface area contributed by atoms with Gasteiger partial charge in [0.2, 0.25) is 0 Å². The average Bonchev–Trinajstić information content (AvgIpc) is 2.79. The molecule has 30 heavy (non-hydrogen) atoms. The summed E-state index contributed by atoms with van der Waals surface area (Å²) < 4.78 is 12.1. The van der Waals surface area contributed by atoms with Crippen molar-refractivity contribution in [3.63, 3.8) is 0 Å². The minimum atomic E-state index is 0.560. The van der Waals surface area contributed by atoms with E-state index in [9.17, 15) is 0 Å². The van der Waals surface area contributed by atoms with E-state index >= 15 is 0 Å². The summed E-state index contributed by atoms with van der Waals surface area (Å²) in [6.07, 6.45) is 17.9. The zero-order valence-corrected chi connectivity index (χ0v) is 19.5. The van der Waals surface area contributed by atoms with Gasteiger partial charge in [0.15, 0.2) is 0 Å². The molecule has 0 bridgehead atoms. The van der Waals surface area contributed by atoms with Gasteiger partial charge in [0.25, 0.3) is 0 Å². The van der Waals surface area contributed by atoms with Crippen LogP contribution in [0.15, 0.2) is 18.2 Å². The third-order valence-corrected chi connectivity index (χ3v) is 8.29. The maximum atomic E-state index is 6.24. The van der Waals surface area contributed by atoms with Gasteiger partial charge in [-0.05, 0) is 118 Å². The van der Waals surface area contributed by atoms with Crippen LogP contribution in [0.25, 0.3) is 0 Å². The predicted molar refractivity (Wildman–Crippen MR) is 125 cm³/mol. The molecule has 3 unspecified atom stereocenters. The van der Waals surface area contributed by atoms with Crippen LogP contribution in [0, 0.1) is 23.7 Å². The number of benzene rings is 1. The van der Waals surface area contributed by atoms with Crippen LogP contribution in [0.3, 0.4) is 0 Å². The lowest BCUT2D eigenvalue weighted by atomic mass is 9.62. The molecule has 1 aromatic rings. The number of ether oxygens (including phenoxy) is 2. The Morgan fingerprint density at radius 1 is 0.767 bits per heavy atom. The van der Waals surface area contributed by atoms with Crippen molar-refractivity contribution in [3.8, 4) is 5.75 Å². The van der Waals surface area contributed by atoms with E-state index in [0.717, 1.165) is 49.1 Å². The molecule has 0 N–H and O–H groups in total. The molecule has 0 aromatic heterocycles. The molecule has 5 atom stereocenters. The molecule has 2 saturated carbocycles. The molecule has 0 amide bonds. The Bertz CT molecular complexity index is 654. The smallest absolute Gasteiger partial charge is 0.119 e. The molecular formula is C28H44O2. The molecule has 168 valence electrons. The summed E-state index contributed by atoms with van der Waals surface area (Å²) in [5.41, 5.74) is 3.15. The number of fused-ring (bicyclic) bond motifs is 2. The molecule has 0 aliphatic heterocycles. The van der Waals surface area contributed by atoms with Gasteiger partial charge in [-0.15, -0.1) is 0 Å². The van der Waals surface area contributed by atoms with Crippen molar-refractivity contribution in [2.45, 2.75) is 103 Å². The van der Waals surface area contributed by atoms with Crippen molar-refractivity contribution in [3.05, 3.63) is 29.3 Å². The number of unbranched alkanes of at least 4 members (excludes halogenated alkanes) is 2. The van der Waals surface area contributed by atoms with Crippen LogP contribution in [-0.4, -0.2) is 19.3 Å². The lowest BCUT2D eigenvalue weighted by molar-refractivity contribution is -0.0249. The van der Waals surface area contributed by atoms with Crippen LogP contribution in [0.4, 0.5) is 0 Å². The average molecular weight is 413 g/mol. The zero-order valence-electron chi connectivity index (χ0n) is 19.5. The normalized spacial score (nSPS) is 31.1. The standard InChI is InChI=1S/C28H44O2/c1-3-5-6-16-30-28-14-12-24-18-22(8-10-26(24)20-28)21-7-9-25-19-27(29-15-4-2)13-11-23(25)17-21/h11,13,19,21-22,24,26,28H,3-10,12,14-18,20H2,1-2H3/t21?,22?,24-,26?,28-/m1/s1. The van der Waals surface area contributed by atoms with Crippen LogP contribution in [0.1, 0.15) is 95.6 Å². The highest BCUT2D eigenvalue weighted by atomic mass is 16.5. The fraction of sp³-hybridized carbons (Fsp3) is 0.786. The lowest BCUT2D eigenvalue weighted by Crippen LogP contribution is -2.37. The molecule has 3 aliphatic rings. The first kappa shape index (κ1) is 22.2. The van der Waals surface area contributed by atoms with Crippen LogP contribution in [0.2, 0.25) is 0 Å². The van der Waals surface area contributed by atoms with E-state index in [0.29, 0.717) is 6.10 Å². The Morgan fingerprint density at radius 3 is 2.40 bits per heavy atom. The van der Waals surface area contributed by atoms with Crippen molar-refractivity contribution < 1.29 is 9.47 Å². The molecule has 0 saturated heterocycles. The summed E-state index contributed by atoms with van der Waals surface area (Å²) in [6, 6.07) is 6.88. The van der Waals surface area contributed by atoms with E-state index in [2.05, 4.69) is 32.0 Å². The molecule has 0 heterocycles. The number of hydrogen-bond donors (Lipinski definition) is 0. The van der Waals surface area contributed by atoms with Gasteiger partial charge in [0.1, 0.15) is 5.75 Å². The number of aryl methyl sites for hydroxylation is 1. The van der Waals surface area contributed by atoms with Crippen LogP contribution < -0.4 is 4.74 Å². The van der Waals surface area contributed by atoms with Gasteiger partial charge in [-0.2, -0.15) is 0 Å². The predicted octanol–water partition coefficient (Wildman–Crippen LogP) is 7.37. The Balaban J connectivity index is 1.26. The summed E-state index contributed by atoms with van der Waals surface area (Å²) in [5.74, 6) is 4.86. The number of hydrogen-bond acceptors (Lipinski definition) is 2. The fourth-order valence-corrected chi connectivity index (χ4v) is 6.54. The molecule has 2 fully saturated rings. The summed E-state index contributed by atoms with van der Waals surface area (Å²) in [4.78, 5) is 0. The Morgan fingerprint density at radius 2 is 1.57 bits per heavy atom. The van der Waals surface area contributed by atoms with Gasteiger partial charge in [0, 0.05) is 6.61 Å². The Kier molecular flexibility index (Phi) is 8.15. The van der Waals surface area contributed by atoms with Crippen molar-refractivity contribution >= 4 is 0 Å². The van der Waals surface area contributed by atoms with Crippen molar-refractivity contribution in [2.24, 2.45) is 23.7 Å². The van der Waals surface area contributed by atoms with Gasteiger partial charge in [-0.1, -0.05) is 32.8 Å². The van der Waals surface area contributed by atoms with E-state index in [1.807, 2.05) is 0 Å². The van der Waals surface area contributed by atoms with Gasteiger partial charge >= 0.3 is 0 Å². The molecule has 0 spiro atoms. The summed E-state index contributed by atoms with van der Waals surface area (Å²) in [6.45, 7) is 6.26. The molecule has 2 nitrogen and oxygen atoms in total. The first-order valence-corrected chi connectivity index (χ1v) is 13.1. The number of rotatable bonds is 9. The van der Waals surface area contributed by atoms with Crippen LogP contribution in [0.5, 0.6) is 5.75 Å². The largest absolute Gasteiger partial charge is 0.494 e. The monoisotopic (exact) mass is 412 g/mol. The van der Waals surface area contributed by atoms with E-state index < -0.39 is 0 Å². The van der Waals surface area contributed by atoms with Crippen LogP contribution >= 0.6 is 0 Å². The highest BCUT2D eigenvalue weighted by molar-refractivity contribution is 5.37. The van der Waals surface area contributed by atoms with E-state index in [-0.39, 0.29) is 0 Å². The highest BCUT2D eigenvalue weighted by Gasteiger charge is 2.38. The minimum absolute atomic E-state index is 0.560. The van der Waals surface area contributed by atoms with Gasteiger partial charge < -0.3 is 9.47 Å². The fourth-order valence-electron chi connectivity index (χ4n) is 6.54.